The number of carbonyl (C=O) groups excluding carboxylic acids is 1. The topological polar surface area (TPSA) is 107 Å². The minimum atomic E-state index is -4.90. The Labute approximate surface area is 211 Å². The van der Waals surface area contributed by atoms with Crippen LogP contribution in [0, 0.1) is 5.21 Å². The number of hydrogen-bond acceptors (Lipinski definition) is 7. The normalized spacial score (nSPS) is 12.5. The van der Waals surface area contributed by atoms with Gasteiger partial charge in [0.2, 0.25) is 0 Å². The first-order chi connectivity index (χ1) is 16.6. The van der Waals surface area contributed by atoms with Gasteiger partial charge in [0.05, 0.1) is 18.2 Å². The van der Waals surface area contributed by atoms with Crippen LogP contribution >= 0.6 is 27.3 Å². The average molecular weight is 575 g/mol. The van der Waals surface area contributed by atoms with Crippen LogP contribution in [0.3, 0.4) is 0 Å². The second-order valence-corrected chi connectivity index (χ2v) is 9.19. The van der Waals surface area contributed by atoms with Crippen molar-refractivity contribution in [3.05, 3.63) is 78.2 Å². The lowest BCUT2D eigenvalue weighted by molar-refractivity contribution is -0.605. The van der Waals surface area contributed by atoms with Crippen LogP contribution in [0.15, 0.2) is 45.4 Å². The Bertz CT molecular complexity index is 1220. The molecule has 35 heavy (non-hydrogen) atoms. The first kappa shape index (κ1) is 26.8. The molecule has 3 aromatic heterocycles. The average Bonchev–Trinajstić information content (AvgIpc) is 3.33. The monoisotopic (exact) mass is 574 g/mol. The maximum atomic E-state index is 13.8. The minimum absolute atomic E-state index is 0.109. The molecule has 0 saturated carbocycles. The lowest BCUT2D eigenvalue weighted by atomic mass is 10.1. The summed E-state index contributed by atoms with van der Waals surface area (Å²) in [7, 11) is 1.67. The van der Waals surface area contributed by atoms with Crippen molar-refractivity contribution in [1.82, 2.24) is 24.8 Å². The van der Waals surface area contributed by atoms with E-state index >= 15 is 0 Å². The molecule has 0 aromatic carbocycles. The van der Waals surface area contributed by atoms with Gasteiger partial charge in [0, 0.05) is 36.8 Å². The van der Waals surface area contributed by atoms with Gasteiger partial charge in [0.15, 0.2) is 18.1 Å². The van der Waals surface area contributed by atoms with Crippen molar-refractivity contribution < 1.29 is 22.7 Å². The van der Waals surface area contributed by atoms with E-state index in [9.17, 15) is 28.0 Å². The van der Waals surface area contributed by atoms with Gasteiger partial charge in [-0.2, -0.15) is 17.9 Å². The smallest absolute Gasteiger partial charge is 0.434 e. The second-order valence-electron chi connectivity index (χ2n) is 7.42. The maximum absolute atomic E-state index is 13.8. The summed E-state index contributed by atoms with van der Waals surface area (Å²) in [5, 5.41) is 16.5. The Balaban J connectivity index is 2.20. The van der Waals surface area contributed by atoms with Crippen LogP contribution in [0.5, 0.6) is 0 Å². The quantitative estimate of drug-likeness (QED) is 0.311. The van der Waals surface area contributed by atoms with Crippen LogP contribution < -0.4 is 15.6 Å². The number of carbonyl (C=O) groups is 1. The molecule has 1 amide bonds. The molecule has 1 N–H and O–H groups in total. The van der Waals surface area contributed by atoms with Crippen LogP contribution in [0.25, 0.3) is 0 Å². The third kappa shape index (κ3) is 6.05. The number of nitrogens with zero attached hydrogens (tertiary/aromatic N) is 5. The lowest BCUT2D eigenvalue weighted by Gasteiger charge is -2.32. The molecule has 3 aromatic rings. The number of amides is 1. The third-order valence-electron chi connectivity index (χ3n) is 5.16. The Morgan fingerprint density at radius 1 is 1.37 bits per heavy atom. The summed E-state index contributed by atoms with van der Waals surface area (Å²) in [6.45, 7) is 2.03. The molecular formula is C21H22BrF3N6O3S. The van der Waals surface area contributed by atoms with Crippen molar-refractivity contribution in [3.8, 4) is 0 Å². The van der Waals surface area contributed by atoms with E-state index in [0.29, 0.717) is 16.3 Å². The van der Waals surface area contributed by atoms with Crippen molar-refractivity contribution in [2.24, 2.45) is 0 Å². The van der Waals surface area contributed by atoms with Crippen molar-refractivity contribution in [3.63, 3.8) is 0 Å². The number of alkyl halides is 3. The first-order valence-corrected chi connectivity index (χ1v) is 12.2. The summed E-state index contributed by atoms with van der Waals surface area (Å²) in [6, 6.07) is 1.68. The fourth-order valence-electron chi connectivity index (χ4n) is 3.50. The largest absolute Gasteiger partial charge is 0.619 e. The second kappa shape index (κ2) is 11.3. The van der Waals surface area contributed by atoms with Gasteiger partial charge in [0.1, 0.15) is 15.3 Å². The van der Waals surface area contributed by atoms with Gasteiger partial charge >= 0.3 is 6.18 Å². The predicted molar refractivity (Wildman–Crippen MR) is 126 cm³/mol. The molecule has 0 spiro atoms. The molecule has 0 saturated heterocycles. The van der Waals surface area contributed by atoms with Crippen LogP contribution in [0.2, 0.25) is 0 Å². The van der Waals surface area contributed by atoms with E-state index in [1.807, 2.05) is 0 Å². The number of rotatable bonds is 9. The van der Waals surface area contributed by atoms with Crippen molar-refractivity contribution >= 4 is 33.2 Å². The Hall–Kier alpha value is -2.84. The highest BCUT2D eigenvalue weighted by Crippen LogP contribution is 2.34. The molecule has 0 aliphatic rings. The van der Waals surface area contributed by atoms with E-state index in [1.54, 1.807) is 19.4 Å². The summed E-state index contributed by atoms with van der Waals surface area (Å²) >= 11 is 4.01. The molecule has 3 heterocycles. The van der Waals surface area contributed by atoms with Gasteiger partial charge in [-0.25, -0.2) is 9.97 Å². The molecule has 1 atom stereocenters. The summed E-state index contributed by atoms with van der Waals surface area (Å²) in [6.07, 6.45) is -0.890. The highest BCUT2D eigenvalue weighted by molar-refractivity contribution is 9.10. The number of pyridine rings is 1. The molecule has 0 bridgehead atoms. The highest BCUT2D eigenvalue weighted by Gasteiger charge is 2.39. The number of halogens is 4. The molecule has 188 valence electrons. The number of hydrogen-bond donors (Lipinski definition) is 1. The summed E-state index contributed by atoms with van der Waals surface area (Å²) < 4.78 is 42.2. The van der Waals surface area contributed by atoms with E-state index < -0.39 is 33.9 Å². The molecule has 0 radical (unpaired) electrons. The minimum Gasteiger partial charge on any atom is -0.619 e. The lowest BCUT2D eigenvalue weighted by Crippen LogP contribution is -2.42. The fraction of sp³-hybridized carbons (Fsp3) is 0.381. The van der Waals surface area contributed by atoms with Gasteiger partial charge in [-0.1, -0.05) is 6.92 Å². The summed E-state index contributed by atoms with van der Waals surface area (Å²) in [4.78, 5) is 35.9. The molecular weight excluding hydrogens is 553 g/mol. The maximum Gasteiger partial charge on any atom is 0.434 e. The van der Waals surface area contributed by atoms with E-state index in [1.165, 1.54) is 34.6 Å². The third-order valence-corrected chi connectivity index (χ3v) is 6.64. The molecule has 3 rings (SSSR count). The van der Waals surface area contributed by atoms with Gasteiger partial charge in [-0.3, -0.25) is 14.2 Å². The molecule has 14 heteroatoms. The van der Waals surface area contributed by atoms with Crippen molar-refractivity contribution in [2.45, 2.75) is 32.1 Å². The SMILES string of the molecule is CCC(c1nc(C(F)(F)F)c(Br)c(=O)n1Cc1nccs1)N(CCNC)C(=O)c1cc[n+]([O-])cc1. The van der Waals surface area contributed by atoms with Gasteiger partial charge in [-0.15, -0.1) is 11.3 Å². The van der Waals surface area contributed by atoms with Crippen molar-refractivity contribution in [1.29, 1.82) is 0 Å². The van der Waals surface area contributed by atoms with E-state index in [2.05, 4.69) is 31.2 Å². The summed E-state index contributed by atoms with van der Waals surface area (Å²) in [5.74, 6) is -0.721. The summed E-state index contributed by atoms with van der Waals surface area (Å²) in [5.41, 5.74) is -2.11. The fourth-order valence-corrected chi connectivity index (χ4v) is 4.64. The van der Waals surface area contributed by atoms with E-state index in [4.69, 9.17) is 0 Å². The van der Waals surface area contributed by atoms with Gasteiger partial charge < -0.3 is 15.4 Å². The number of nitrogens with one attached hydrogen (secondary N) is 1. The predicted octanol–water partition coefficient (Wildman–Crippen LogP) is 2.98. The molecule has 0 aliphatic carbocycles. The Morgan fingerprint density at radius 3 is 2.60 bits per heavy atom. The number of thiazole rings is 1. The van der Waals surface area contributed by atoms with E-state index in [0.717, 1.165) is 17.0 Å². The van der Waals surface area contributed by atoms with Gasteiger partial charge in [-0.05, 0) is 29.4 Å². The molecule has 0 fully saturated rings. The van der Waals surface area contributed by atoms with Crippen LogP contribution in [0.4, 0.5) is 13.2 Å². The highest BCUT2D eigenvalue weighted by atomic mass is 79.9. The molecule has 1 unspecified atom stereocenters. The molecule has 9 nitrogen and oxygen atoms in total. The van der Waals surface area contributed by atoms with Gasteiger partial charge in [0.25, 0.3) is 11.5 Å². The van der Waals surface area contributed by atoms with Crippen LogP contribution in [0.1, 0.15) is 46.3 Å². The van der Waals surface area contributed by atoms with Crippen molar-refractivity contribution in [2.75, 3.05) is 20.1 Å². The van der Waals surface area contributed by atoms with Crippen LogP contribution in [-0.4, -0.2) is 45.5 Å². The zero-order valence-electron chi connectivity index (χ0n) is 18.8. The first-order valence-electron chi connectivity index (χ1n) is 10.5. The standard InChI is InChI=1S/C21H22BrF3N6O3S/c1-3-14(30(10-6-26-2)19(32)13-4-8-29(34)9-5-13)18-28-17(21(23,24)25)16(22)20(33)31(18)12-15-27-7-11-35-15/h4-5,7-9,11,14,26H,3,6,10,12H2,1-2H3. The number of aromatic nitrogens is 4. The number of likely N-dealkylation sites (N-methyl/N-ethyl adjacent to an activating group) is 1. The van der Waals surface area contributed by atoms with E-state index in [-0.39, 0.29) is 30.9 Å². The van der Waals surface area contributed by atoms with Crippen LogP contribution in [-0.2, 0) is 12.7 Å². The Kier molecular flexibility index (Phi) is 8.61. The Morgan fingerprint density at radius 2 is 2.06 bits per heavy atom. The zero-order chi connectivity index (χ0) is 25.8. The molecule has 0 aliphatic heterocycles. The zero-order valence-corrected chi connectivity index (χ0v) is 21.2.